The van der Waals surface area contributed by atoms with Crippen LogP contribution in [0.3, 0.4) is 0 Å². The average molecular weight is 501 g/mol. The molecule has 0 radical (unpaired) electrons. The van der Waals surface area contributed by atoms with Crippen molar-refractivity contribution in [2.75, 3.05) is 43.0 Å². The molecule has 4 rings (SSSR count). The zero-order chi connectivity index (χ0) is 25.5. The first-order valence-electron chi connectivity index (χ1n) is 11.7. The van der Waals surface area contributed by atoms with E-state index in [2.05, 4.69) is 20.3 Å². The van der Waals surface area contributed by atoms with Crippen LogP contribution in [-0.2, 0) is 17.4 Å². The second kappa shape index (κ2) is 11.2. The summed E-state index contributed by atoms with van der Waals surface area (Å²) in [6, 6.07) is 14.7. The van der Waals surface area contributed by atoms with Gasteiger partial charge in [0, 0.05) is 38.3 Å². The van der Waals surface area contributed by atoms with E-state index < -0.39 is 11.7 Å². The Hall–Kier alpha value is -3.89. The van der Waals surface area contributed by atoms with Crippen molar-refractivity contribution >= 4 is 23.5 Å². The maximum Gasteiger partial charge on any atom is 0.416 e. The average Bonchev–Trinajstić information content (AvgIpc) is 2.88. The summed E-state index contributed by atoms with van der Waals surface area (Å²) in [6.45, 7) is 4.14. The molecule has 1 fully saturated rings. The van der Waals surface area contributed by atoms with Crippen LogP contribution in [0.2, 0.25) is 0 Å². The van der Waals surface area contributed by atoms with Crippen LogP contribution in [0.25, 0.3) is 0 Å². The molecule has 1 aliphatic rings. The van der Waals surface area contributed by atoms with E-state index in [-0.39, 0.29) is 23.6 Å². The first-order chi connectivity index (χ1) is 17.3. The van der Waals surface area contributed by atoms with Crippen molar-refractivity contribution in [2.45, 2.75) is 25.9 Å². The molecule has 1 N–H and O–H groups in total. The molecular formula is C25H27F3N6O2. The van der Waals surface area contributed by atoms with E-state index >= 15 is 0 Å². The van der Waals surface area contributed by atoms with E-state index in [4.69, 9.17) is 4.74 Å². The zero-order valence-corrected chi connectivity index (χ0v) is 19.8. The van der Waals surface area contributed by atoms with Gasteiger partial charge in [-0.25, -0.2) is 0 Å². The number of piperazine rings is 1. The fraction of sp³-hybridized carbons (Fsp3) is 0.360. The van der Waals surface area contributed by atoms with Gasteiger partial charge in [0.1, 0.15) is 0 Å². The predicted octanol–water partition coefficient (Wildman–Crippen LogP) is 4.31. The number of amides is 1. The number of alkyl halides is 3. The van der Waals surface area contributed by atoms with Crippen LogP contribution in [0.15, 0.2) is 54.6 Å². The topological polar surface area (TPSA) is 83.5 Å². The SMILES string of the molecule is CCOc1nc(Nc2cccc(C(F)(F)F)c2)nc(N2CCN(C(=O)CCc3ccccc3)CC2)n1. The van der Waals surface area contributed by atoms with Gasteiger partial charge < -0.3 is 19.9 Å². The molecule has 0 atom stereocenters. The third-order valence-electron chi connectivity index (χ3n) is 5.71. The normalized spacial score (nSPS) is 14.0. The largest absolute Gasteiger partial charge is 0.464 e. The number of benzene rings is 2. The lowest BCUT2D eigenvalue weighted by molar-refractivity contribution is -0.137. The van der Waals surface area contributed by atoms with E-state index in [1.165, 1.54) is 12.1 Å². The molecule has 2 heterocycles. The molecule has 0 spiro atoms. The number of anilines is 3. The van der Waals surface area contributed by atoms with Crippen molar-refractivity contribution in [3.05, 3.63) is 65.7 Å². The Morgan fingerprint density at radius 2 is 1.75 bits per heavy atom. The number of hydrogen-bond acceptors (Lipinski definition) is 7. The summed E-state index contributed by atoms with van der Waals surface area (Å²) in [6.07, 6.45) is -3.33. The summed E-state index contributed by atoms with van der Waals surface area (Å²) >= 11 is 0. The number of carbonyl (C=O) groups is 1. The maximum absolute atomic E-state index is 13.1. The van der Waals surface area contributed by atoms with E-state index in [1.54, 1.807) is 6.92 Å². The van der Waals surface area contributed by atoms with Crippen molar-refractivity contribution in [1.82, 2.24) is 19.9 Å². The highest BCUT2D eigenvalue weighted by Crippen LogP contribution is 2.31. The molecule has 2 aromatic carbocycles. The molecule has 0 bridgehead atoms. The van der Waals surface area contributed by atoms with Crippen LogP contribution in [-0.4, -0.2) is 58.5 Å². The summed E-state index contributed by atoms with van der Waals surface area (Å²) in [7, 11) is 0. The van der Waals surface area contributed by atoms with Gasteiger partial charge in [0.2, 0.25) is 17.8 Å². The minimum Gasteiger partial charge on any atom is -0.464 e. The Morgan fingerprint density at radius 1 is 1.00 bits per heavy atom. The third-order valence-corrected chi connectivity index (χ3v) is 5.71. The smallest absolute Gasteiger partial charge is 0.416 e. The summed E-state index contributed by atoms with van der Waals surface area (Å²) in [5.74, 6) is 0.500. The van der Waals surface area contributed by atoms with Crippen molar-refractivity contribution in [3.8, 4) is 6.01 Å². The molecule has 1 aromatic heterocycles. The molecule has 0 unspecified atom stereocenters. The molecule has 36 heavy (non-hydrogen) atoms. The van der Waals surface area contributed by atoms with Crippen LogP contribution >= 0.6 is 0 Å². The van der Waals surface area contributed by atoms with Gasteiger partial charge in [-0.2, -0.15) is 28.1 Å². The fourth-order valence-electron chi connectivity index (χ4n) is 3.85. The Bertz CT molecular complexity index is 1170. The number of nitrogens with zero attached hydrogens (tertiary/aromatic N) is 5. The number of rotatable bonds is 8. The van der Waals surface area contributed by atoms with Crippen LogP contribution in [0.5, 0.6) is 6.01 Å². The minimum absolute atomic E-state index is 0.0679. The van der Waals surface area contributed by atoms with Gasteiger partial charge in [-0.05, 0) is 37.1 Å². The van der Waals surface area contributed by atoms with E-state index in [9.17, 15) is 18.0 Å². The number of carbonyl (C=O) groups excluding carboxylic acids is 1. The Morgan fingerprint density at radius 3 is 2.44 bits per heavy atom. The molecule has 0 saturated carbocycles. The highest BCUT2D eigenvalue weighted by Gasteiger charge is 2.30. The van der Waals surface area contributed by atoms with E-state index in [0.717, 1.165) is 17.7 Å². The van der Waals surface area contributed by atoms with Crippen molar-refractivity contribution in [1.29, 1.82) is 0 Å². The maximum atomic E-state index is 13.1. The molecule has 11 heteroatoms. The summed E-state index contributed by atoms with van der Waals surface area (Å²) < 4.78 is 44.7. The van der Waals surface area contributed by atoms with Gasteiger partial charge in [0.15, 0.2) is 0 Å². The van der Waals surface area contributed by atoms with Gasteiger partial charge in [-0.15, -0.1) is 0 Å². The predicted molar refractivity (Wildman–Crippen MR) is 129 cm³/mol. The number of hydrogen-bond donors (Lipinski definition) is 1. The molecule has 1 aliphatic heterocycles. The molecule has 1 saturated heterocycles. The van der Waals surface area contributed by atoms with Crippen LogP contribution in [0, 0.1) is 0 Å². The van der Waals surface area contributed by atoms with Crippen LogP contribution in [0.1, 0.15) is 24.5 Å². The van der Waals surface area contributed by atoms with Crippen molar-refractivity contribution in [3.63, 3.8) is 0 Å². The molecule has 0 aliphatic carbocycles. The molecule has 8 nitrogen and oxygen atoms in total. The van der Waals surface area contributed by atoms with Gasteiger partial charge in [-0.1, -0.05) is 36.4 Å². The first kappa shape index (κ1) is 25.2. The number of halogens is 3. The molecule has 1 amide bonds. The highest BCUT2D eigenvalue weighted by atomic mass is 19.4. The number of ether oxygens (including phenoxy) is 1. The van der Waals surface area contributed by atoms with Gasteiger partial charge in [-0.3, -0.25) is 4.79 Å². The molecule has 190 valence electrons. The third kappa shape index (κ3) is 6.61. The first-order valence-corrected chi connectivity index (χ1v) is 11.7. The Balaban J connectivity index is 1.42. The Labute approximate surface area is 207 Å². The lowest BCUT2D eigenvalue weighted by Gasteiger charge is -2.34. The second-order valence-electron chi connectivity index (χ2n) is 8.23. The zero-order valence-electron chi connectivity index (χ0n) is 19.8. The van der Waals surface area contributed by atoms with Gasteiger partial charge >= 0.3 is 12.2 Å². The van der Waals surface area contributed by atoms with Crippen LogP contribution in [0.4, 0.5) is 30.8 Å². The summed E-state index contributed by atoms with van der Waals surface area (Å²) in [4.78, 5) is 29.3. The lowest BCUT2D eigenvalue weighted by atomic mass is 10.1. The van der Waals surface area contributed by atoms with Gasteiger partial charge in [0.05, 0.1) is 12.2 Å². The number of aryl methyl sites for hydroxylation is 1. The van der Waals surface area contributed by atoms with Crippen LogP contribution < -0.4 is 15.0 Å². The quantitative estimate of drug-likeness (QED) is 0.493. The minimum atomic E-state index is -4.46. The lowest BCUT2D eigenvalue weighted by Crippen LogP contribution is -2.49. The second-order valence-corrected chi connectivity index (χ2v) is 8.23. The Kier molecular flexibility index (Phi) is 7.87. The molecular weight excluding hydrogens is 473 g/mol. The fourth-order valence-corrected chi connectivity index (χ4v) is 3.85. The van der Waals surface area contributed by atoms with Crippen molar-refractivity contribution < 1.29 is 22.7 Å². The highest BCUT2D eigenvalue weighted by molar-refractivity contribution is 5.76. The van der Waals surface area contributed by atoms with Crippen molar-refractivity contribution in [2.24, 2.45) is 0 Å². The number of aromatic nitrogens is 3. The monoisotopic (exact) mass is 500 g/mol. The molecule has 3 aromatic rings. The van der Waals surface area contributed by atoms with Gasteiger partial charge in [0.25, 0.3) is 0 Å². The summed E-state index contributed by atoms with van der Waals surface area (Å²) in [5, 5.41) is 2.82. The van der Waals surface area contributed by atoms with E-state index in [0.29, 0.717) is 51.6 Å². The summed E-state index contributed by atoms with van der Waals surface area (Å²) in [5.41, 5.74) is 0.539. The number of nitrogens with one attached hydrogen (secondary N) is 1. The van der Waals surface area contributed by atoms with E-state index in [1.807, 2.05) is 40.1 Å². The standard InChI is InChI=1S/C25H27F3N6O2/c1-2-36-24-31-22(29-20-10-6-9-19(17-20)25(26,27)28)30-23(32-24)34-15-13-33(14-16-34)21(35)12-11-18-7-4-3-5-8-18/h3-10,17H,2,11-16H2,1H3,(H,29,30,31,32).